The van der Waals surface area contributed by atoms with Crippen molar-refractivity contribution < 1.29 is 9.63 Å². The molecule has 0 radical (unpaired) electrons. The van der Waals surface area contributed by atoms with Gasteiger partial charge < -0.3 is 9.63 Å². The van der Waals surface area contributed by atoms with Crippen LogP contribution in [0.3, 0.4) is 0 Å². The number of aryl methyl sites for hydroxylation is 1. The molecule has 1 N–H and O–H groups in total. The predicted octanol–water partition coefficient (Wildman–Crippen LogP) is 2.85. The molecule has 1 aliphatic heterocycles. The van der Waals surface area contributed by atoms with Crippen LogP contribution in [0.2, 0.25) is 0 Å². The van der Waals surface area contributed by atoms with Gasteiger partial charge in [-0.2, -0.15) is 0 Å². The maximum absolute atomic E-state index is 10.4. The molecule has 106 valence electrons. The summed E-state index contributed by atoms with van der Waals surface area (Å²) in [5.41, 5.74) is 1.88. The van der Waals surface area contributed by atoms with Gasteiger partial charge in [0, 0.05) is 12.6 Å². The summed E-state index contributed by atoms with van der Waals surface area (Å²) < 4.78 is 5.39. The molecule has 20 heavy (non-hydrogen) atoms. The second-order valence-corrected chi connectivity index (χ2v) is 5.45. The monoisotopic (exact) mass is 272 g/mol. The number of hydrogen-bond acceptors (Lipinski definition) is 4. The number of β-amino-alcohol motifs (C(OH)–C–C–N with tert-alkyl or cyclic N) is 1. The Morgan fingerprint density at radius 2 is 2.20 bits per heavy atom. The fourth-order valence-electron chi connectivity index (χ4n) is 2.91. The van der Waals surface area contributed by atoms with E-state index in [-0.39, 0.29) is 6.04 Å². The zero-order chi connectivity index (χ0) is 13.9. The van der Waals surface area contributed by atoms with E-state index in [1.165, 1.54) is 0 Å². The van der Waals surface area contributed by atoms with Gasteiger partial charge in [0.05, 0.1) is 17.8 Å². The fourth-order valence-corrected chi connectivity index (χ4v) is 2.91. The Balaban J connectivity index is 1.70. The lowest BCUT2D eigenvalue weighted by Crippen LogP contribution is -2.28. The topological polar surface area (TPSA) is 49.5 Å². The highest BCUT2D eigenvalue weighted by Crippen LogP contribution is 2.33. The van der Waals surface area contributed by atoms with Crippen LogP contribution in [-0.2, 0) is 0 Å². The van der Waals surface area contributed by atoms with Gasteiger partial charge in [-0.05, 0) is 31.9 Å². The molecule has 2 heterocycles. The number of benzene rings is 1. The minimum atomic E-state index is -0.458. The first kappa shape index (κ1) is 13.3. The van der Waals surface area contributed by atoms with Crippen molar-refractivity contribution >= 4 is 0 Å². The molecule has 1 aromatic carbocycles. The molecule has 1 saturated heterocycles. The number of aromatic nitrogens is 1. The van der Waals surface area contributed by atoms with Crippen LogP contribution in [-0.4, -0.2) is 28.3 Å². The van der Waals surface area contributed by atoms with Crippen molar-refractivity contribution in [2.45, 2.75) is 31.9 Å². The molecule has 1 fully saturated rings. The van der Waals surface area contributed by atoms with Crippen LogP contribution in [0.25, 0.3) is 0 Å². The number of rotatable bonds is 4. The molecule has 0 saturated carbocycles. The number of likely N-dealkylation sites (tertiary alicyclic amines) is 1. The van der Waals surface area contributed by atoms with E-state index in [0.29, 0.717) is 6.54 Å². The lowest BCUT2D eigenvalue weighted by atomic mass is 10.1. The van der Waals surface area contributed by atoms with Crippen molar-refractivity contribution in [3.8, 4) is 0 Å². The Bertz CT molecular complexity index is 553. The Morgan fingerprint density at radius 3 is 2.90 bits per heavy atom. The van der Waals surface area contributed by atoms with Gasteiger partial charge in [0.2, 0.25) is 0 Å². The molecule has 1 aliphatic rings. The summed E-state index contributed by atoms with van der Waals surface area (Å²) in [4.78, 5) is 2.29. The third kappa shape index (κ3) is 2.76. The zero-order valence-electron chi connectivity index (χ0n) is 11.7. The van der Waals surface area contributed by atoms with Crippen LogP contribution >= 0.6 is 0 Å². The Morgan fingerprint density at radius 1 is 1.40 bits per heavy atom. The van der Waals surface area contributed by atoms with Gasteiger partial charge in [0.25, 0.3) is 0 Å². The molecule has 0 spiro atoms. The number of aliphatic hydroxyl groups excluding tert-OH is 1. The number of hydrogen-bond donors (Lipinski definition) is 1. The Hall–Kier alpha value is -1.65. The van der Waals surface area contributed by atoms with Crippen LogP contribution < -0.4 is 0 Å². The molecule has 2 aromatic rings. The van der Waals surface area contributed by atoms with Gasteiger partial charge >= 0.3 is 0 Å². The fraction of sp³-hybridized carbons (Fsp3) is 0.438. The second-order valence-electron chi connectivity index (χ2n) is 5.45. The van der Waals surface area contributed by atoms with E-state index in [0.717, 1.165) is 36.4 Å². The smallest absolute Gasteiger partial charge is 0.154 e. The zero-order valence-corrected chi connectivity index (χ0v) is 11.7. The third-order valence-electron chi connectivity index (χ3n) is 3.93. The Kier molecular flexibility index (Phi) is 3.85. The molecule has 4 heteroatoms. The molecule has 0 bridgehead atoms. The van der Waals surface area contributed by atoms with E-state index >= 15 is 0 Å². The summed E-state index contributed by atoms with van der Waals surface area (Å²) in [6.07, 6.45) is 1.74. The van der Waals surface area contributed by atoms with E-state index in [1.807, 2.05) is 43.3 Å². The third-order valence-corrected chi connectivity index (χ3v) is 3.93. The molecular formula is C16H20N2O2. The van der Waals surface area contributed by atoms with Gasteiger partial charge in [0.1, 0.15) is 0 Å². The average molecular weight is 272 g/mol. The van der Waals surface area contributed by atoms with Gasteiger partial charge in [0.15, 0.2) is 5.76 Å². The highest BCUT2D eigenvalue weighted by atomic mass is 16.5. The highest BCUT2D eigenvalue weighted by molar-refractivity contribution is 5.18. The normalized spacial score (nSPS) is 21.2. The van der Waals surface area contributed by atoms with Crippen molar-refractivity contribution in [2.24, 2.45) is 0 Å². The van der Waals surface area contributed by atoms with Crippen molar-refractivity contribution in [3.05, 3.63) is 53.4 Å². The van der Waals surface area contributed by atoms with Crippen LogP contribution in [0, 0.1) is 6.92 Å². The maximum Gasteiger partial charge on any atom is 0.154 e. The van der Waals surface area contributed by atoms with Crippen LogP contribution in [0.15, 0.2) is 40.9 Å². The first-order chi connectivity index (χ1) is 9.74. The second kappa shape index (κ2) is 5.77. The van der Waals surface area contributed by atoms with E-state index in [4.69, 9.17) is 4.52 Å². The predicted molar refractivity (Wildman–Crippen MR) is 76.2 cm³/mol. The lowest BCUT2D eigenvalue weighted by molar-refractivity contribution is 0.0983. The average Bonchev–Trinajstić information content (AvgIpc) is 3.08. The number of nitrogens with zero attached hydrogens (tertiary/aromatic N) is 2. The molecule has 2 atom stereocenters. The van der Waals surface area contributed by atoms with Crippen molar-refractivity contribution in [3.63, 3.8) is 0 Å². The molecule has 0 aliphatic carbocycles. The molecule has 3 rings (SSSR count). The quantitative estimate of drug-likeness (QED) is 0.929. The summed E-state index contributed by atoms with van der Waals surface area (Å²) >= 11 is 0. The number of aliphatic hydroxyl groups is 1. The maximum atomic E-state index is 10.4. The van der Waals surface area contributed by atoms with Gasteiger partial charge in [-0.1, -0.05) is 35.5 Å². The van der Waals surface area contributed by atoms with E-state index < -0.39 is 6.10 Å². The standard InChI is InChI=1S/C16H20N2O2/c1-12-10-16(20-17-12)14-8-5-9-18(14)11-15(19)13-6-3-2-4-7-13/h2-4,6-7,10,14-15,19H,5,8-9,11H2,1H3/t14-,15+/m1/s1. The minimum Gasteiger partial charge on any atom is -0.387 e. The van der Waals surface area contributed by atoms with E-state index in [9.17, 15) is 5.11 Å². The minimum absolute atomic E-state index is 0.245. The summed E-state index contributed by atoms with van der Waals surface area (Å²) in [6.45, 7) is 3.56. The summed E-state index contributed by atoms with van der Waals surface area (Å²) in [7, 11) is 0. The highest BCUT2D eigenvalue weighted by Gasteiger charge is 2.30. The summed E-state index contributed by atoms with van der Waals surface area (Å²) in [5.74, 6) is 0.917. The van der Waals surface area contributed by atoms with Crippen molar-refractivity contribution in [2.75, 3.05) is 13.1 Å². The van der Waals surface area contributed by atoms with Gasteiger partial charge in [-0.15, -0.1) is 0 Å². The van der Waals surface area contributed by atoms with Crippen LogP contribution in [0.5, 0.6) is 0 Å². The lowest BCUT2D eigenvalue weighted by Gasteiger charge is -2.25. The van der Waals surface area contributed by atoms with Crippen LogP contribution in [0.1, 0.15) is 42.0 Å². The van der Waals surface area contributed by atoms with Gasteiger partial charge in [-0.25, -0.2) is 0 Å². The van der Waals surface area contributed by atoms with Crippen molar-refractivity contribution in [1.29, 1.82) is 0 Å². The summed E-state index contributed by atoms with van der Waals surface area (Å²) in [6, 6.07) is 12.1. The molecule has 4 nitrogen and oxygen atoms in total. The molecule has 0 unspecified atom stereocenters. The van der Waals surface area contributed by atoms with E-state index in [2.05, 4.69) is 10.1 Å². The molecule has 0 amide bonds. The first-order valence-corrected chi connectivity index (χ1v) is 7.14. The van der Waals surface area contributed by atoms with Crippen molar-refractivity contribution in [1.82, 2.24) is 10.1 Å². The SMILES string of the molecule is Cc1cc([C@H]2CCCN2C[C@H](O)c2ccccc2)on1. The van der Waals surface area contributed by atoms with E-state index in [1.54, 1.807) is 0 Å². The van der Waals surface area contributed by atoms with Crippen LogP contribution in [0.4, 0.5) is 0 Å². The van der Waals surface area contributed by atoms with Gasteiger partial charge in [-0.3, -0.25) is 4.90 Å². The first-order valence-electron chi connectivity index (χ1n) is 7.14. The molecule has 1 aromatic heterocycles. The summed E-state index contributed by atoms with van der Waals surface area (Å²) in [5, 5.41) is 14.3. The largest absolute Gasteiger partial charge is 0.387 e. The Labute approximate surface area is 119 Å². The molecular weight excluding hydrogens is 252 g/mol.